The van der Waals surface area contributed by atoms with Crippen molar-refractivity contribution in [3.8, 4) is 0 Å². The average molecular weight is 239 g/mol. The molecule has 0 aromatic heterocycles. The van der Waals surface area contributed by atoms with Crippen LogP contribution in [0.4, 0.5) is 11.4 Å². The minimum atomic E-state index is 0.577. The van der Waals surface area contributed by atoms with E-state index >= 15 is 0 Å². The van der Waals surface area contributed by atoms with E-state index in [2.05, 4.69) is 18.7 Å². The van der Waals surface area contributed by atoms with Crippen LogP contribution in [0, 0.1) is 6.92 Å². The molecule has 1 aliphatic heterocycles. The molecule has 1 atom stereocenters. The Bertz CT molecular complexity index is 367. The zero-order valence-corrected chi connectivity index (χ0v) is 10.7. The number of nitrogens with zero attached hydrogens (tertiary/aromatic N) is 1. The summed E-state index contributed by atoms with van der Waals surface area (Å²) in [6, 6.07) is 4.43. The van der Waals surface area contributed by atoms with Crippen molar-refractivity contribution in [3.05, 3.63) is 22.7 Å². The van der Waals surface area contributed by atoms with Crippen molar-refractivity contribution in [1.29, 1.82) is 0 Å². The summed E-state index contributed by atoms with van der Waals surface area (Å²) in [5.41, 5.74) is 8.88. The third-order valence-corrected chi connectivity index (χ3v) is 3.65. The Hall–Kier alpha value is -0.890. The van der Waals surface area contributed by atoms with Crippen LogP contribution < -0.4 is 10.6 Å². The van der Waals surface area contributed by atoms with Gasteiger partial charge in [0.15, 0.2) is 0 Å². The van der Waals surface area contributed by atoms with Gasteiger partial charge < -0.3 is 10.6 Å². The number of hydrogen-bond donors (Lipinski definition) is 1. The second-order valence-corrected chi connectivity index (χ2v) is 5.11. The number of anilines is 2. The van der Waals surface area contributed by atoms with E-state index in [9.17, 15) is 0 Å². The average Bonchev–Trinajstić information content (AvgIpc) is 2.19. The maximum Gasteiger partial charge on any atom is 0.0662 e. The molecular weight excluding hydrogens is 220 g/mol. The van der Waals surface area contributed by atoms with Gasteiger partial charge in [-0.15, -0.1) is 0 Å². The van der Waals surface area contributed by atoms with Gasteiger partial charge in [0.1, 0.15) is 0 Å². The highest BCUT2D eigenvalue weighted by atomic mass is 35.5. The smallest absolute Gasteiger partial charge is 0.0662 e. The predicted octanol–water partition coefficient (Wildman–Crippen LogP) is 3.61. The lowest BCUT2D eigenvalue weighted by Crippen LogP contribution is -2.38. The molecule has 88 valence electrons. The van der Waals surface area contributed by atoms with E-state index in [0.717, 1.165) is 17.3 Å². The Morgan fingerprint density at radius 3 is 2.75 bits per heavy atom. The van der Waals surface area contributed by atoms with Crippen molar-refractivity contribution in [3.63, 3.8) is 0 Å². The number of nitrogen functional groups attached to an aromatic ring is 1. The first-order chi connectivity index (χ1) is 7.59. The number of nitrogens with two attached hydrogens (primary N) is 1. The monoisotopic (exact) mass is 238 g/mol. The molecule has 1 aromatic rings. The van der Waals surface area contributed by atoms with E-state index in [1.807, 2.05) is 12.1 Å². The molecule has 1 aliphatic rings. The maximum atomic E-state index is 6.31. The number of piperidine rings is 1. The van der Waals surface area contributed by atoms with Crippen LogP contribution in [0.3, 0.4) is 0 Å². The van der Waals surface area contributed by atoms with E-state index in [1.165, 1.54) is 30.5 Å². The topological polar surface area (TPSA) is 29.3 Å². The van der Waals surface area contributed by atoms with Crippen LogP contribution in [0.5, 0.6) is 0 Å². The fraction of sp³-hybridized carbons (Fsp3) is 0.538. The molecule has 0 bridgehead atoms. The highest BCUT2D eigenvalue weighted by molar-refractivity contribution is 6.33. The Labute approximate surface area is 102 Å². The molecule has 1 heterocycles. The summed E-state index contributed by atoms with van der Waals surface area (Å²) in [6.45, 7) is 5.45. The van der Waals surface area contributed by atoms with Crippen molar-refractivity contribution in [2.24, 2.45) is 0 Å². The summed E-state index contributed by atoms with van der Waals surface area (Å²) in [6.07, 6.45) is 3.83. The van der Waals surface area contributed by atoms with Crippen LogP contribution >= 0.6 is 11.6 Å². The quantitative estimate of drug-likeness (QED) is 0.758. The molecule has 1 saturated heterocycles. The second kappa shape index (κ2) is 4.54. The number of rotatable bonds is 1. The van der Waals surface area contributed by atoms with Gasteiger partial charge in [-0.25, -0.2) is 0 Å². The SMILES string of the molecule is Cc1cc(N)cc(Cl)c1N1CCCC[C@@H]1C. The Morgan fingerprint density at radius 1 is 1.38 bits per heavy atom. The number of benzene rings is 1. The van der Waals surface area contributed by atoms with E-state index < -0.39 is 0 Å². The summed E-state index contributed by atoms with van der Waals surface area (Å²) in [5, 5.41) is 0.784. The molecule has 3 heteroatoms. The first-order valence-electron chi connectivity index (χ1n) is 5.92. The van der Waals surface area contributed by atoms with Crippen molar-refractivity contribution in [1.82, 2.24) is 0 Å². The summed E-state index contributed by atoms with van der Waals surface area (Å²) in [4.78, 5) is 2.42. The summed E-state index contributed by atoms with van der Waals surface area (Å²) >= 11 is 6.31. The lowest BCUT2D eigenvalue weighted by atomic mass is 10.0. The van der Waals surface area contributed by atoms with Crippen LogP contribution in [0.2, 0.25) is 5.02 Å². The highest BCUT2D eigenvalue weighted by Gasteiger charge is 2.22. The van der Waals surface area contributed by atoms with Crippen LogP contribution in [0.1, 0.15) is 31.7 Å². The largest absolute Gasteiger partial charge is 0.399 e. The third-order valence-electron chi connectivity index (χ3n) is 3.37. The molecule has 2 N–H and O–H groups in total. The fourth-order valence-electron chi connectivity index (χ4n) is 2.56. The molecule has 0 amide bonds. The van der Waals surface area contributed by atoms with Gasteiger partial charge >= 0.3 is 0 Å². The molecule has 0 radical (unpaired) electrons. The van der Waals surface area contributed by atoms with Gasteiger partial charge in [0, 0.05) is 18.3 Å². The summed E-state index contributed by atoms with van der Waals surface area (Å²) in [5.74, 6) is 0. The van der Waals surface area contributed by atoms with Crippen molar-refractivity contribution >= 4 is 23.0 Å². The predicted molar refractivity (Wildman–Crippen MR) is 71.3 cm³/mol. The van der Waals surface area contributed by atoms with Gasteiger partial charge in [-0.3, -0.25) is 0 Å². The van der Waals surface area contributed by atoms with Crippen LogP contribution in [0.25, 0.3) is 0 Å². The third kappa shape index (κ3) is 2.12. The molecule has 0 unspecified atom stereocenters. The minimum absolute atomic E-state index is 0.577. The van der Waals surface area contributed by atoms with Gasteiger partial charge in [-0.1, -0.05) is 11.6 Å². The molecule has 1 fully saturated rings. The van der Waals surface area contributed by atoms with Gasteiger partial charge in [0.2, 0.25) is 0 Å². The first kappa shape index (κ1) is 11.6. The van der Waals surface area contributed by atoms with Gasteiger partial charge in [-0.2, -0.15) is 0 Å². The van der Waals surface area contributed by atoms with Crippen LogP contribution in [-0.4, -0.2) is 12.6 Å². The number of halogens is 1. The van der Waals surface area contributed by atoms with E-state index in [1.54, 1.807) is 0 Å². The van der Waals surface area contributed by atoms with Crippen molar-refractivity contribution < 1.29 is 0 Å². The standard InChI is InChI=1S/C13H19ClN2/c1-9-7-11(15)8-12(14)13(9)16-6-4-3-5-10(16)2/h7-8,10H,3-6,15H2,1-2H3/t10-/m0/s1. The molecule has 0 spiro atoms. The summed E-state index contributed by atoms with van der Waals surface area (Å²) < 4.78 is 0. The molecule has 2 nitrogen and oxygen atoms in total. The highest BCUT2D eigenvalue weighted by Crippen LogP contribution is 2.35. The fourth-order valence-corrected chi connectivity index (χ4v) is 2.94. The first-order valence-corrected chi connectivity index (χ1v) is 6.29. The van der Waals surface area contributed by atoms with Gasteiger partial charge in [0.25, 0.3) is 0 Å². The molecule has 16 heavy (non-hydrogen) atoms. The zero-order valence-electron chi connectivity index (χ0n) is 9.96. The summed E-state index contributed by atoms with van der Waals surface area (Å²) in [7, 11) is 0. The van der Waals surface area contributed by atoms with E-state index in [4.69, 9.17) is 17.3 Å². The van der Waals surface area contributed by atoms with Gasteiger partial charge in [-0.05, 0) is 50.8 Å². The number of aryl methyl sites for hydroxylation is 1. The normalized spacial score (nSPS) is 21.2. The molecular formula is C13H19ClN2. The Morgan fingerprint density at radius 2 is 2.12 bits per heavy atom. The molecule has 1 aromatic carbocycles. The number of hydrogen-bond acceptors (Lipinski definition) is 2. The molecule has 2 rings (SSSR count). The van der Waals surface area contributed by atoms with Gasteiger partial charge in [0.05, 0.1) is 10.7 Å². The zero-order chi connectivity index (χ0) is 11.7. The van der Waals surface area contributed by atoms with Crippen molar-refractivity contribution in [2.45, 2.75) is 39.2 Å². The maximum absolute atomic E-state index is 6.31. The Kier molecular flexibility index (Phi) is 3.29. The lowest BCUT2D eigenvalue weighted by Gasteiger charge is -2.37. The second-order valence-electron chi connectivity index (χ2n) is 4.71. The van der Waals surface area contributed by atoms with E-state index in [-0.39, 0.29) is 0 Å². The van der Waals surface area contributed by atoms with Crippen LogP contribution in [0.15, 0.2) is 12.1 Å². The minimum Gasteiger partial charge on any atom is -0.399 e. The molecule has 0 aliphatic carbocycles. The molecule has 0 saturated carbocycles. The lowest BCUT2D eigenvalue weighted by molar-refractivity contribution is 0.484. The van der Waals surface area contributed by atoms with E-state index in [0.29, 0.717) is 6.04 Å². The van der Waals surface area contributed by atoms with Crippen LogP contribution in [-0.2, 0) is 0 Å². The van der Waals surface area contributed by atoms with Crippen molar-refractivity contribution in [2.75, 3.05) is 17.2 Å². The Balaban J connectivity index is 2.38.